The molecule has 0 bridgehead atoms. The van der Waals surface area contributed by atoms with Crippen molar-refractivity contribution in [2.24, 2.45) is 23.7 Å². The second-order valence-electron chi connectivity index (χ2n) is 12.7. The van der Waals surface area contributed by atoms with Crippen molar-refractivity contribution in [2.75, 3.05) is 0 Å². The van der Waals surface area contributed by atoms with Crippen LogP contribution in [-0.2, 0) is 13.6 Å². The Morgan fingerprint density at radius 1 is 0.421 bits per heavy atom. The molecule has 0 fully saturated rings. The molecule has 0 aromatic carbocycles. The highest BCUT2D eigenvalue weighted by Crippen LogP contribution is 2.40. The third-order valence-electron chi connectivity index (χ3n) is 8.76. The molecule has 0 aliphatic carbocycles. The van der Waals surface area contributed by atoms with Gasteiger partial charge >= 0.3 is 8.25 Å². The summed E-state index contributed by atoms with van der Waals surface area (Å²) in [6, 6.07) is 0. The van der Waals surface area contributed by atoms with Gasteiger partial charge < -0.3 is 9.05 Å². The Morgan fingerprint density at radius 3 is 0.868 bits per heavy atom. The maximum Gasteiger partial charge on any atom is 0.319 e. The van der Waals surface area contributed by atoms with Gasteiger partial charge in [0.05, 0.1) is 12.2 Å². The summed E-state index contributed by atoms with van der Waals surface area (Å²) in [6.45, 7) is 18.3. The lowest BCUT2D eigenvalue weighted by molar-refractivity contribution is 0.0280. The van der Waals surface area contributed by atoms with Crippen molar-refractivity contribution in [1.29, 1.82) is 0 Å². The molecule has 230 valence electrons. The zero-order valence-corrected chi connectivity index (χ0v) is 28.3. The fourth-order valence-electron chi connectivity index (χ4n) is 6.07. The fraction of sp³-hybridized carbons (Fsp3) is 1.00. The highest BCUT2D eigenvalue weighted by Gasteiger charge is 2.30. The van der Waals surface area contributed by atoms with Gasteiger partial charge in [-0.15, -0.1) is 0 Å². The van der Waals surface area contributed by atoms with E-state index in [1.54, 1.807) is 0 Å². The Hall–Kier alpha value is 0.150. The second-order valence-corrected chi connectivity index (χ2v) is 13.7. The monoisotopic (exact) mass is 559 g/mol. The van der Waals surface area contributed by atoms with Crippen molar-refractivity contribution in [3.05, 3.63) is 0 Å². The lowest BCUT2D eigenvalue weighted by Gasteiger charge is -2.33. The molecule has 0 saturated carbocycles. The minimum absolute atomic E-state index is 0.0324. The third-order valence-corrected chi connectivity index (χ3v) is 9.69. The van der Waals surface area contributed by atoms with Crippen LogP contribution in [0.5, 0.6) is 0 Å². The molecular weight excluding hydrogens is 487 g/mol. The zero-order valence-electron chi connectivity index (χ0n) is 27.3. The van der Waals surface area contributed by atoms with Crippen molar-refractivity contribution in [2.45, 2.75) is 196 Å². The Labute approximate surface area is 241 Å². The van der Waals surface area contributed by atoms with Crippen LogP contribution in [0, 0.1) is 23.7 Å². The quantitative estimate of drug-likeness (QED) is 0.0707. The van der Waals surface area contributed by atoms with Crippen LogP contribution in [0.3, 0.4) is 0 Å². The lowest BCUT2D eigenvalue weighted by Crippen LogP contribution is -2.30. The smallest absolute Gasteiger partial charge is 0.307 e. The summed E-state index contributed by atoms with van der Waals surface area (Å²) < 4.78 is 26.4. The topological polar surface area (TPSA) is 35.5 Å². The van der Waals surface area contributed by atoms with Crippen LogP contribution in [0.2, 0.25) is 0 Å². The zero-order chi connectivity index (χ0) is 28.6. The molecule has 4 heteroatoms. The fourth-order valence-corrected chi connectivity index (χ4v) is 7.49. The molecule has 4 unspecified atom stereocenters. The number of rotatable bonds is 28. The van der Waals surface area contributed by atoms with Crippen molar-refractivity contribution in [3.63, 3.8) is 0 Å². The first kappa shape index (κ1) is 38.1. The Kier molecular flexibility index (Phi) is 26.2. The second kappa shape index (κ2) is 26.1. The van der Waals surface area contributed by atoms with Crippen LogP contribution in [0.1, 0.15) is 184 Å². The van der Waals surface area contributed by atoms with Crippen LogP contribution in [-0.4, -0.2) is 12.2 Å². The molecule has 38 heavy (non-hydrogen) atoms. The van der Waals surface area contributed by atoms with E-state index in [9.17, 15) is 4.57 Å². The first-order valence-corrected chi connectivity index (χ1v) is 18.4. The summed E-state index contributed by atoms with van der Waals surface area (Å²) in [7, 11) is -2.55. The first-order chi connectivity index (χ1) is 18.3. The number of hydrogen-bond acceptors (Lipinski definition) is 3. The summed E-state index contributed by atoms with van der Waals surface area (Å²) in [4.78, 5) is 0. The molecule has 3 nitrogen and oxygen atoms in total. The molecule has 0 heterocycles. The summed E-state index contributed by atoms with van der Waals surface area (Å²) in [5, 5.41) is 0. The van der Waals surface area contributed by atoms with E-state index >= 15 is 0 Å². The average Bonchev–Trinajstić information content (AvgIpc) is 2.90. The highest BCUT2D eigenvalue weighted by molar-refractivity contribution is 7.33. The minimum atomic E-state index is -2.55. The van der Waals surface area contributed by atoms with Crippen LogP contribution < -0.4 is 0 Å². The van der Waals surface area contributed by atoms with Gasteiger partial charge in [-0.1, -0.05) is 158 Å². The molecule has 0 spiro atoms. The van der Waals surface area contributed by atoms with Crippen LogP contribution >= 0.6 is 8.25 Å². The molecule has 0 aliphatic heterocycles. The average molecular weight is 559 g/mol. The van der Waals surface area contributed by atoms with Crippen LogP contribution in [0.4, 0.5) is 0 Å². The van der Waals surface area contributed by atoms with E-state index in [4.69, 9.17) is 9.05 Å². The van der Waals surface area contributed by atoms with Gasteiger partial charge in [-0.05, 0) is 49.4 Å². The summed E-state index contributed by atoms with van der Waals surface area (Å²) in [5.41, 5.74) is 0. The SMILES string of the molecule is CCCCCCC(C)C(O[PH](=O)OC(C(C)CCCCCC)C(C)CCCCCC)C(C)CCCCCC. The van der Waals surface area contributed by atoms with Gasteiger partial charge in [0.15, 0.2) is 0 Å². The van der Waals surface area contributed by atoms with Crippen molar-refractivity contribution >= 4 is 8.25 Å². The summed E-state index contributed by atoms with van der Waals surface area (Å²) in [6.07, 6.45) is 25.1. The molecule has 0 rings (SSSR count). The molecule has 0 saturated heterocycles. The van der Waals surface area contributed by atoms with Gasteiger partial charge in [0.2, 0.25) is 0 Å². The number of hydrogen-bond donors (Lipinski definition) is 0. The largest absolute Gasteiger partial charge is 0.319 e. The van der Waals surface area contributed by atoms with Crippen molar-refractivity contribution < 1.29 is 13.6 Å². The van der Waals surface area contributed by atoms with E-state index in [0.29, 0.717) is 23.7 Å². The van der Waals surface area contributed by atoms with Gasteiger partial charge in [-0.2, -0.15) is 0 Å². The van der Waals surface area contributed by atoms with Gasteiger partial charge in [0, 0.05) is 0 Å². The predicted molar refractivity (Wildman–Crippen MR) is 170 cm³/mol. The molecule has 0 amide bonds. The molecular formula is C34H71O3P. The van der Waals surface area contributed by atoms with Crippen LogP contribution in [0.15, 0.2) is 0 Å². The number of unbranched alkanes of at least 4 members (excludes halogenated alkanes) is 12. The Morgan fingerprint density at radius 2 is 0.658 bits per heavy atom. The molecule has 0 aromatic heterocycles. The van der Waals surface area contributed by atoms with E-state index < -0.39 is 8.25 Å². The van der Waals surface area contributed by atoms with Crippen molar-refractivity contribution in [1.82, 2.24) is 0 Å². The van der Waals surface area contributed by atoms with Gasteiger partial charge in [-0.25, -0.2) is 0 Å². The molecule has 0 aromatic rings. The van der Waals surface area contributed by atoms with E-state index in [1.165, 1.54) is 103 Å². The normalized spacial score (nSPS) is 17.6. The van der Waals surface area contributed by atoms with Gasteiger partial charge in [-0.3, -0.25) is 4.57 Å². The van der Waals surface area contributed by atoms with Gasteiger partial charge in [0.25, 0.3) is 0 Å². The molecule has 0 aliphatic rings. The van der Waals surface area contributed by atoms with E-state index in [-0.39, 0.29) is 12.2 Å². The highest BCUT2D eigenvalue weighted by atomic mass is 31.1. The molecule has 0 N–H and O–H groups in total. The molecule has 0 radical (unpaired) electrons. The predicted octanol–water partition coefficient (Wildman–Crippen LogP) is 12.6. The summed E-state index contributed by atoms with van der Waals surface area (Å²) >= 11 is 0. The summed E-state index contributed by atoms with van der Waals surface area (Å²) in [5.74, 6) is 1.67. The Bertz CT molecular complexity index is 446. The van der Waals surface area contributed by atoms with Crippen molar-refractivity contribution in [3.8, 4) is 0 Å². The lowest BCUT2D eigenvalue weighted by atomic mass is 9.86. The maximum absolute atomic E-state index is 13.5. The van der Waals surface area contributed by atoms with Gasteiger partial charge in [0.1, 0.15) is 0 Å². The third kappa shape index (κ3) is 19.3. The van der Waals surface area contributed by atoms with Crippen LogP contribution in [0.25, 0.3) is 0 Å². The minimum Gasteiger partial charge on any atom is -0.307 e. The Balaban J connectivity index is 5.29. The van der Waals surface area contributed by atoms with E-state index in [1.807, 2.05) is 0 Å². The standard InChI is InChI=1S/C34H71O3P/c1-9-13-17-21-25-29(5)33(30(6)26-22-18-14-10-2)36-38(35)37-34(31(7)27-23-19-15-11-3)32(8)28-24-20-16-12-4/h29-34,38H,9-28H2,1-8H3. The van der Waals surface area contributed by atoms with E-state index in [2.05, 4.69) is 55.4 Å². The first-order valence-electron chi connectivity index (χ1n) is 17.2. The molecule has 4 atom stereocenters. The maximum atomic E-state index is 13.5. The van der Waals surface area contributed by atoms with E-state index in [0.717, 1.165) is 25.7 Å².